The van der Waals surface area contributed by atoms with Crippen molar-refractivity contribution >= 4 is 37.3 Å². The van der Waals surface area contributed by atoms with Gasteiger partial charge in [-0.25, -0.2) is 8.42 Å². The Morgan fingerprint density at radius 1 is 1.11 bits per heavy atom. The zero-order chi connectivity index (χ0) is 19.7. The molecule has 3 aromatic rings. The quantitative estimate of drug-likeness (QED) is 0.552. The molecule has 0 saturated carbocycles. The average Bonchev–Trinajstić information content (AvgIpc) is 3.39. The van der Waals surface area contributed by atoms with Crippen LogP contribution in [-0.4, -0.2) is 54.0 Å². The molecule has 1 aliphatic heterocycles. The molecule has 0 N–H and O–H groups in total. The van der Waals surface area contributed by atoms with Crippen molar-refractivity contribution in [3.63, 3.8) is 0 Å². The van der Waals surface area contributed by atoms with Crippen LogP contribution >= 0.6 is 27.3 Å². The van der Waals surface area contributed by atoms with E-state index in [1.165, 1.54) is 4.31 Å². The minimum absolute atomic E-state index is 0.0745. The second kappa shape index (κ2) is 8.03. The topological polar surface area (TPSA) is 79.5 Å². The number of thiophene rings is 1. The summed E-state index contributed by atoms with van der Waals surface area (Å²) in [5, 5.41) is 10.3. The number of hydrogen-bond donors (Lipinski definition) is 0. The van der Waals surface area contributed by atoms with Gasteiger partial charge >= 0.3 is 0 Å². The summed E-state index contributed by atoms with van der Waals surface area (Å²) >= 11 is 4.89. The van der Waals surface area contributed by atoms with Crippen molar-refractivity contribution in [2.24, 2.45) is 0 Å². The lowest BCUT2D eigenvalue weighted by atomic mass is 10.2. The molecular weight excluding hydrogens is 464 g/mol. The summed E-state index contributed by atoms with van der Waals surface area (Å²) in [6, 6.07) is 10.7. The predicted molar refractivity (Wildman–Crippen MR) is 110 cm³/mol. The Morgan fingerprint density at radius 3 is 2.54 bits per heavy atom. The van der Waals surface area contributed by atoms with Crippen molar-refractivity contribution in [1.82, 2.24) is 19.4 Å². The van der Waals surface area contributed by atoms with Crippen molar-refractivity contribution in [2.75, 3.05) is 26.2 Å². The van der Waals surface area contributed by atoms with E-state index in [1.54, 1.807) is 35.6 Å². The molecule has 0 spiro atoms. The van der Waals surface area contributed by atoms with E-state index < -0.39 is 10.0 Å². The summed E-state index contributed by atoms with van der Waals surface area (Å²) in [5.41, 5.74) is 0. The lowest BCUT2D eigenvalue weighted by Gasteiger charge is -2.36. The number of piperazine rings is 1. The van der Waals surface area contributed by atoms with E-state index in [9.17, 15) is 8.42 Å². The summed E-state index contributed by atoms with van der Waals surface area (Å²) in [4.78, 5) is 3.40. The van der Waals surface area contributed by atoms with E-state index in [1.807, 2.05) is 24.4 Å². The fraction of sp³-hybridized carbons (Fsp3) is 0.333. The zero-order valence-electron chi connectivity index (χ0n) is 15.2. The molecule has 4 rings (SSSR count). The van der Waals surface area contributed by atoms with Gasteiger partial charge in [-0.15, -0.1) is 21.5 Å². The number of benzene rings is 1. The molecule has 28 heavy (non-hydrogen) atoms. The van der Waals surface area contributed by atoms with Gasteiger partial charge in [-0.3, -0.25) is 4.90 Å². The van der Waals surface area contributed by atoms with Crippen LogP contribution in [0.3, 0.4) is 0 Å². The fourth-order valence-corrected chi connectivity index (χ4v) is 6.21. The highest BCUT2D eigenvalue weighted by molar-refractivity contribution is 9.10. The van der Waals surface area contributed by atoms with E-state index >= 15 is 0 Å². The van der Waals surface area contributed by atoms with Gasteiger partial charge in [-0.05, 0) is 46.4 Å². The summed E-state index contributed by atoms with van der Waals surface area (Å²) in [6.07, 6.45) is 0. The molecule has 0 bridgehead atoms. The second-order valence-electron chi connectivity index (χ2n) is 6.47. The van der Waals surface area contributed by atoms with Gasteiger partial charge in [0.25, 0.3) is 5.89 Å². The number of sulfonamides is 1. The smallest absolute Gasteiger partial charge is 0.257 e. The summed E-state index contributed by atoms with van der Waals surface area (Å²) in [5.74, 6) is 1.07. The first-order valence-corrected chi connectivity index (χ1v) is 11.9. The highest BCUT2D eigenvalue weighted by Gasteiger charge is 2.32. The van der Waals surface area contributed by atoms with Crippen molar-refractivity contribution in [1.29, 1.82) is 0 Å². The maximum atomic E-state index is 12.9. The lowest BCUT2D eigenvalue weighted by Crippen LogP contribution is -2.49. The number of halogens is 1. The van der Waals surface area contributed by atoms with Crippen molar-refractivity contribution in [3.8, 4) is 10.8 Å². The van der Waals surface area contributed by atoms with E-state index in [-0.39, 0.29) is 6.04 Å². The van der Waals surface area contributed by atoms with Gasteiger partial charge in [0, 0.05) is 30.7 Å². The van der Waals surface area contributed by atoms with Crippen molar-refractivity contribution in [2.45, 2.75) is 17.9 Å². The van der Waals surface area contributed by atoms with E-state index in [4.69, 9.17) is 4.42 Å². The normalized spacial score (nSPS) is 17.6. The van der Waals surface area contributed by atoms with Crippen LogP contribution in [0.25, 0.3) is 10.8 Å². The molecule has 1 fully saturated rings. The number of hydrogen-bond acceptors (Lipinski definition) is 7. The second-order valence-corrected chi connectivity index (χ2v) is 10.2. The molecule has 0 aliphatic carbocycles. The fourth-order valence-electron chi connectivity index (χ4n) is 3.18. The first-order valence-electron chi connectivity index (χ1n) is 8.83. The van der Waals surface area contributed by atoms with Gasteiger partial charge in [0.15, 0.2) is 0 Å². The van der Waals surface area contributed by atoms with Crippen LogP contribution in [0.2, 0.25) is 0 Å². The van der Waals surface area contributed by atoms with Crippen LogP contribution in [0.1, 0.15) is 18.9 Å². The third kappa shape index (κ3) is 3.79. The highest BCUT2D eigenvalue weighted by Crippen LogP contribution is 2.29. The van der Waals surface area contributed by atoms with Gasteiger partial charge < -0.3 is 4.42 Å². The molecule has 148 valence electrons. The maximum absolute atomic E-state index is 12.9. The van der Waals surface area contributed by atoms with Gasteiger partial charge in [-0.1, -0.05) is 18.2 Å². The van der Waals surface area contributed by atoms with E-state index in [0.29, 0.717) is 47.3 Å². The Bertz CT molecular complexity index is 1040. The van der Waals surface area contributed by atoms with Crippen LogP contribution in [0.4, 0.5) is 0 Å². The van der Waals surface area contributed by atoms with Crippen LogP contribution in [0, 0.1) is 0 Å². The zero-order valence-corrected chi connectivity index (χ0v) is 18.4. The van der Waals surface area contributed by atoms with Crippen LogP contribution in [-0.2, 0) is 10.0 Å². The van der Waals surface area contributed by atoms with Gasteiger partial charge in [0.2, 0.25) is 15.9 Å². The molecule has 2 aromatic heterocycles. The third-order valence-electron chi connectivity index (χ3n) is 4.81. The first kappa shape index (κ1) is 19.7. The van der Waals surface area contributed by atoms with E-state index in [2.05, 4.69) is 31.0 Å². The average molecular weight is 483 g/mol. The van der Waals surface area contributed by atoms with Crippen LogP contribution in [0.15, 0.2) is 55.6 Å². The van der Waals surface area contributed by atoms with Crippen LogP contribution < -0.4 is 0 Å². The molecule has 0 amide bonds. The predicted octanol–water partition coefficient (Wildman–Crippen LogP) is 3.63. The monoisotopic (exact) mass is 482 g/mol. The third-order valence-corrected chi connectivity index (χ3v) is 8.57. The Hall–Kier alpha value is -1.59. The van der Waals surface area contributed by atoms with E-state index in [0.717, 1.165) is 4.88 Å². The molecule has 10 heteroatoms. The largest absolute Gasteiger partial charge is 0.418 e. The molecule has 1 atom stereocenters. The summed E-state index contributed by atoms with van der Waals surface area (Å²) in [7, 11) is -3.52. The van der Waals surface area contributed by atoms with Crippen molar-refractivity contribution < 1.29 is 12.8 Å². The summed E-state index contributed by atoms with van der Waals surface area (Å²) < 4.78 is 33.8. The molecule has 1 saturated heterocycles. The van der Waals surface area contributed by atoms with Crippen molar-refractivity contribution in [3.05, 3.63) is 52.1 Å². The minimum Gasteiger partial charge on any atom is -0.418 e. The number of rotatable bonds is 5. The molecule has 7 nitrogen and oxygen atoms in total. The van der Waals surface area contributed by atoms with Gasteiger partial charge in [-0.2, -0.15) is 4.31 Å². The minimum atomic E-state index is -3.52. The SMILES string of the molecule is CC(c1nnc(-c2cccs2)o1)N1CCN(S(=O)(=O)c2ccccc2Br)CC1. The standard InChI is InChI=1S/C18H19BrN4O3S2/c1-13(17-20-21-18(26-17)15-6-4-12-27-15)22-8-10-23(11-9-22)28(24,25)16-7-3-2-5-14(16)19/h2-7,12-13H,8-11H2,1H3. The number of aromatic nitrogens is 2. The van der Waals surface area contributed by atoms with Gasteiger partial charge in [0.1, 0.15) is 0 Å². The molecule has 1 aliphatic rings. The Kier molecular flexibility index (Phi) is 5.66. The lowest BCUT2D eigenvalue weighted by molar-refractivity contribution is 0.129. The molecule has 1 unspecified atom stereocenters. The van der Waals surface area contributed by atoms with Crippen LogP contribution in [0.5, 0.6) is 0 Å². The first-order chi connectivity index (χ1) is 13.5. The Labute approximate surface area is 176 Å². The molecule has 0 radical (unpaired) electrons. The summed E-state index contributed by atoms with van der Waals surface area (Å²) in [6.45, 7) is 4.03. The maximum Gasteiger partial charge on any atom is 0.257 e. The Balaban J connectivity index is 1.43. The number of nitrogens with zero attached hydrogens (tertiary/aromatic N) is 4. The molecule has 3 heterocycles. The Morgan fingerprint density at radius 2 is 1.86 bits per heavy atom. The molecule has 1 aromatic carbocycles. The highest BCUT2D eigenvalue weighted by atomic mass is 79.9. The van der Waals surface area contributed by atoms with Gasteiger partial charge in [0.05, 0.1) is 15.8 Å². The molecular formula is C18H19BrN4O3S2.